The van der Waals surface area contributed by atoms with Crippen molar-refractivity contribution in [3.63, 3.8) is 0 Å². The highest BCUT2D eigenvalue weighted by Crippen LogP contribution is 2.39. The molecule has 0 bridgehead atoms. The van der Waals surface area contributed by atoms with Gasteiger partial charge < -0.3 is 5.32 Å². The van der Waals surface area contributed by atoms with Crippen molar-refractivity contribution in [1.29, 1.82) is 0 Å². The zero-order valence-electron chi connectivity index (χ0n) is 14.8. The average molecular weight is 457 g/mol. The van der Waals surface area contributed by atoms with E-state index in [1.54, 1.807) is 24.3 Å². The van der Waals surface area contributed by atoms with Gasteiger partial charge >= 0.3 is 0 Å². The predicted molar refractivity (Wildman–Crippen MR) is 113 cm³/mol. The molecule has 0 radical (unpaired) electrons. The Morgan fingerprint density at radius 2 is 1.93 bits per heavy atom. The van der Waals surface area contributed by atoms with Crippen molar-refractivity contribution in [3.05, 3.63) is 52.0 Å². The molecule has 2 aliphatic rings. The molecule has 1 aliphatic heterocycles. The molecule has 0 spiro atoms. The van der Waals surface area contributed by atoms with Gasteiger partial charge in [-0.05, 0) is 61.6 Å². The van der Waals surface area contributed by atoms with Crippen LogP contribution >= 0.6 is 35.0 Å². The molecular formula is C19H18Cl2N2O3S2. The van der Waals surface area contributed by atoms with Crippen molar-refractivity contribution < 1.29 is 13.2 Å². The van der Waals surface area contributed by atoms with Crippen molar-refractivity contribution >= 4 is 56.6 Å². The van der Waals surface area contributed by atoms with E-state index in [1.807, 2.05) is 6.07 Å². The Morgan fingerprint density at radius 3 is 2.61 bits per heavy atom. The van der Waals surface area contributed by atoms with Gasteiger partial charge in [-0.15, -0.1) is 11.8 Å². The molecule has 2 aromatic rings. The molecule has 0 aromatic heterocycles. The first-order valence-electron chi connectivity index (χ1n) is 8.81. The fourth-order valence-electron chi connectivity index (χ4n) is 3.52. The molecule has 1 heterocycles. The highest BCUT2D eigenvalue weighted by atomic mass is 35.5. The Bertz CT molecular complexity index is 1050. The highest BCUT2D eigenvalue weighted by Gasteiger charge is 2.41. The number of halogens is 2. The van der Waals surface area contributed by atoms with Gasteiger partial charge in [0.25, 0.3) is 0 Å². The van der Waals surface area contributed by atoms with E-state index < -0.39 is 15.6 Å². The summed E-state index contributed by atoms with van der Waals surface area (Å²) >= 11 is 13.7. The lowest BCUT2D eigenvalue weighted by Gasteiger charge is -2.42. The zero-order valence-corrected chi connectivity index (χ0v) is 17.9. The van der Waals surface area contributed by atoms with Gasteiger partial charge in [0, 0.05) is 20.5 Å². The maximum Gasteiger partial charge on any atom is 0.241 e. The molecule has 0 unspecified atom stereocenters. The summed E-state index contributed by atoms with van der Waals surface area (Å²) in [6.45, 7) is 0. The van der Waals surface area contributed by atoms with Crippen molar-refractivity contribution in [2.24, 2.45) is 0 Å². The van der Waals surface area contributed by atoms with Crippen LogP contribution in [0.4, 0.5) is 5.69 Å². The molecule has 0 atom stereocenters. The molecule has 1 fully saturated rings. The van der Waals surface area contributed by atoms with Gasteiger partial charge in [-0.1, -0.05) is 29.3 Å². The van der Waals surface area contributed by atoms with Crippen molar-refractivity contribution in [1.82, 2.24) is 4.72 Å². The van der Waals surface area contributed by atoms with E-state index in [2.05, 4.69) is 10.0 Å². The van der Waals surface area contributed by atoms with Gasteiger partial charge in [0.15, 0.2) is 0 Å². The maximum absolute atomic E-state index is 13.1. The Balaban J connectivity index is 1.59. The van der Waals surface area contributed by atoms with Crippen LogP contribution in [0.3, 0.4) is 0 Å². The van der Waals surface area contributed by atoms with Gasteiger partial charge in [0.2, 0.25) is 15.9 Å². The van der Waals surface area contributed by atoms with Crippen LogP contribution in [0.5, 0.6) is 0 Å². The topological polar surface area (TPSA) is 75.3 Å². The van der Waals surface area contributed by atoms with E-state index in [0.29, 0.717) is 27.9 Å². The number of carbonyl (C=O) groups is 1. The van der Waals surface area contributed by atoms with Crippen LogP contribution in [0.1, 0.15) is 24.8 Å². The van der Waals surface area contributed by atoms with Crippen LogP contribution in [0, 0.1) is 0 Å². The molecule has 148 valence electrons. The first-order valence-corrected chi connectivity index (χ1v) is 12.0. The van der Waals surface area contributed by atoms with Crippen LogP contribution in [-0.2, 0) is 21.2 Å². The van der Waals surface area contributed by atoms with Crippen LogP contribution in [0.25, 0.3) is 0 Å². The molecule has 9 heteroatoms. The lowest BCUT2D eigenvalue weighted by atomic mass is 9.74. The Hall–Kier alpha value is -1.25. The molecule has 4 rings (SSSR count). The van der Waals surface area contributed by atoms with E-state index in [-0.39, 0.29) is 10.8 Å². The first-order chi connectivity index (χ1) is 13.3. The number of thioether (sulfide) groups is 1. The summed E-state index contributed by atoms with van der Waals surface area (Å²) in [5, 5.41) is 3.81. The quantitative estimate of drug-likeness (QED) is 0.694. The number of sulfonamides is 1. The van der Waals surface area contributed by atoms with Gasteiger partial charge in [-0.3, -0.25) is 4.79 Å². The second kappa shape index (κ2) is 7.54. The number of amides is 1. The number of hydrogen-bond acceptors (Lipinski definition) is 4. The number of nitrogens with one attached hydrogen (secondary N) is 2. The lowest BCUT2D eigenvalue weighted by Crippen LogP contribution is -2.54. The van der Waals surface area contributed by atoms with Crippen molar-refractivity contribution in [2.75, 3.05) is 11.1 Å². The number of rotatable bonds is 5. The minimum atomic E-state index is -3.75. The molecule has 28 heavy (non-hydrogen) atoms. The number of fused-ring (bicyclic) bond motifs is 1. The summed E-state index contributed by atoms with van der Waals surface area (Å²) in [6, 6.07) is 10.1. The predicted octanol–water partition coefficient (Wildman–Crippen LogP) is 4.48. The maximum atomic E-state index is 13.1. The number of hydrogen-bond donors (Lipinski definition) is 2. The Kier molecular flexibility index (Phi) is 5.39. The monoisotopic (exact) mass is 456 g/mol. The summed E-state index contributed by atoms with van der Waals surface area (Å²) in [6.07, 6.45) is 2.93. The fraction of sp³-hybridized carbons (Fsp3) is 0.316. The fourth-order valence-corrected chi connectivity index (χ4v) is 6.27. The van der Waals surface area contributed by atoms with E-state index in [1.165, 1.54) is 17.8 Å². The summed E-state index contributed by atoms with van der Waals surface area (Å²) in [7, 11) is -3.75. The number of anilines is 1. The van der Waals surface area contributed by atoms with Gasteiger partial charge in [-0.2, -0.15) is 0 Å². The molecule has 1 amide bonds. The zero-order chi connectivity index (χ0) is 19.9. The van der Waals surface area contributed by atoms with Gasteiger partial charge in [-0.25, -0.2) is 13.1 Å². The molecule has 1 aliphatic carbocycles. The third kappa shape index (κ3) is 4.04. The summed E-state index contributed by atoms with van der Waals surface area (Å²) < 4.78 is 29.0. The van der Waals surface area contributed by atoms with Crippen molar-refractivity contribution in [2.45, 2.75) is 41.0 Å². The normalized spacial score (nSPS) is 18.1. The minimum Gasteiger partial charge on any atom is -0.324 e. The van der Waals surface area contributed by atoms with E-state index in [9.17, 15) is 13.2 Å². The SMILES string of the molecule is O=C1CSc2ccc(S(=O)(=O)NC3(Cc4ccc(Cl)cc4Cl)CCC3)cc2N1. The number of benzene rings is 2. The molecule has 0 saturated heterocycles. The smallest absolute Gasteiger partial charge is 0.241 e. The average Bonchev–Trinajstić information content (AvgIpc) is 2.61. The second-order valence-corrected chi connectivity index (χ2v) is 10.7. The van der Waals surface area contributed by atoms with Crippen LogP contribution in [0.2, 0.25) is 10.0 Å². The molecule has 5 nitrogen and oxygen atoms in total. The van der Waals surface area contributed by atoms with Crippen LogP contribution in [0.15, 0.2) is 46.2 Å². The first kappa shape index (κ1) is 20.0. The molecule has 2 aromatic carbocycles. The molecule has 2 N–H and O–H groups in total. The lowest BCUT2D eigenvalue weighted by molar-refractivity contribution is -0.113. The second-order valence-electron chi connectivity index (χ2n) is 7.15. The standard InChI is InChI=1S/C19H18Cl2N2O3S2/c20-13-3-2-12(15(21)8-13)10-19(6-1-7-19)23-28(25,26)14-4-5-17-16(9-14)22-18(24)11-27-17/h2-5,8-9,23H,1,6-7,10-11H2,(H,22,24). The summed E-state index contributed by atoms with van der Waals surface area (Å²) in [5.74, 6) is 0.204. The summed E-state index contributed by atoms with van der Waals surface area (Å²) in [4.78, 5) is 12.6. The number of carbonyl (C=O) groups excluding carboxylic acids is 1. The van der Waals surface area contributed by atoms with Crippen LogP contribution < -0.4 is 10.0 Å². The third-order valence-corrected chi connectivity index (χ3v) is 8.34. The molecular weight excluding hydrogens is 439 g/mol. The van der Waals surface area contributed by atoms with Gasteiger partial charge in [0.05, 0.1) is 16.3 Å². The molecule has 1 saturated carbocycles. The van der Waals surface area contributed by atoms with Gasteiger partial charge in [0.1, 0.15) is 0 Å². The third-order valence-electron chi connectivity index (χ3n) is 5.10. The summed E-state index contributed by atoms with van der Waals surface area (Å²) in [5.41, 5.74) is 0.833. The van der Waals surface area contributed by atoms with E-state index >= 15 is 0 Å². The highest BCUT2D eigenvalue weighted by molar-refractivity contribution is 8.00. The van der Waals surface area contributed by atoms with E-state index in [4.69, 9.17) is 23.2 Å². The largest absolute Gasteiger partial charge is 0.324 e. The minimum absolute atomic E-state index is 0.132. The van der Waals surface area contributed by atoms with Crippen molar-refractivity contribution in [3.8, 4) is 0 Å². The van der Waals surface area contributed by atoms with E-state index in [0.717, 1.165) is 29.7 Å². The Morgan fingerprint density at radius 1 is 1.14 bits per heavy atom. The Labute approximate surface area is 178 Å². The van der Waals surface area contributed by atoms with Crippen LogP contribution in [-0.4, -0.2) is 25.6 Å².